The van der Waals surface area contributed by atoms with Gasteiger partial charge in [0, 0.05) is 24.7 Å². The molecule has 1 aromatic rings. The van der Waals surface area contributed by atoms with E-state index < -0.39 is 29.3 Å². The van der Waals surface area contributed by atoms with E-state index in [0.29, 0.717) is 5.69 Å². The predicted molar refractivity (Wildman–Crippen MR) is 79.0 cm³/mol. The van der Waals surface area contributed by atoms with Crippen molar-refractivity contribution in [3.05, 3.63) is 29.3 Å². The molecule has 7 heteroatoms. The number of carbonyl (C=O) groups is 2. The summed E-state index contributed by atoms with van der Waals surface area (Å²) in [5, 5.41) is 3.68. The van der Waals surface area contributed by atoms with Crippen molar-refractivity contribution in [3.63, 3.8) is 0 Å². The van der Waals surface area contributed by atoms with E-state index in [-0.39, 0.29) is 18.7 Å². The van der Waals surface area contributed by atoms with Crippen LogP contribution in [-0.4, -0.2) is 43.0 Å². The molecule has 0 aromatic heterocycles. The number of fused-ring (bicyclic) bond motifs is 1. The van der Waals surface area contributed by atoms with Gasteiger partial charge in [0.1, 0.15) is 5.92 Å². The highest BCUT2D eigenvalue weighted by Crippen LogP contribution is 2.34. The maximum atomic E-state index is 13.6. The quantitative estimate of drug-likeness (QED) is 0.630. The molecule has 23 heavy (non-hydrogen) atoms. The molecule has 3 rings (SSSR count). The largest absolute Gasteiger partial charge is 0.465 e. The van der Waals surface area contributed by atoms with Crippen LogP contribution in [0.15, 0.2) is 12.1 Å². The zero-order chi connectivity index (χ0) is 16.6. The molecule has 0 spiro atoms. The number of halogens is 2. The van der Waals surface area contributed by atoms with E-state index in [1.807, 2.05) is 5.01 Å². The molecule has 0 radical (unpaired) electrons. The summed E-state index contributed by atoms with van der Waals surface area (Å²) in [4.78, 5) is 24.6. The lowest BCUT2D eigenvalue weighted by Gasteiger charge is -2.39. The smallest absolute Gasteiger partial charge is 0.318 e. The zero-order valence-electron chi connectivity index (χ0n) is 12.8. The Labute approximate surface area is 132 Å². The molecule has 1 atom stereocenters. The van der Waals surface area contributed by atoms with Gasteiger partial charge in [0.2, 0.25) is 0 Å². The number of esters is 1. The van der Waals surface area contributed by atoms with Gasteiger partial charge in [-0.1, -0.05) is 0 Å². The summed E-state index contributed by atoms with van der Waals surface area (Å²) in [7, 11) is 0. The van der Waals surface area contributed by atoms with E-state index in [4.69, 9.17) is 4.74 Å². The minimum atomic E-state index is -1.09. The number of ether oxygens (including phenoxy) is 1. The Kier molecular flexibility index (Phi) is 4.30. The lowest BCUT2D eigenvalue weighted by molar-refractivity contribution is -0.146. The Bertz CT molecular complexity index is 644. The van der Waals surface area contributed by atoms with Crippen LogP contribution < -0.4 is 5.01 Å². The third-order valence-corrected chi connectivity index (χ3v) is 4.25. The Hall–Kier alpha value is -2.02. The lowest BCUT2D eigenvalue weighted by Crippen LogP contribution is -2.51. The number of nitrogens with zero attached hydrogens (tertiary/aromatic N) is 2. The Morgan fingerprint density at radius 3 is 2.57 bits per heavy atom. The second-order valence-electron chi connectivity index (χ2n) is 5.70. The zero-order valence-corrected chi connectivity index (χ0v) is 12.8. The molecule has 2 aliphatic heterocycles. The van der Waals surface area contributed by atoms with Gasteiger partial charge in [-0.3, -0.25) is 9.59 Å². The van der Waals surface area contributed by atoms with Crippen molar-refractivity contribution in [2.24, 2.45) is 5.92 Å². The maximum Gasteiger partial charge on any atom is 0.318 e. The number of hydrazine groups is 1. The number of benzene rings is 1. The highest BCUT2D eigenvalue weighted by molar-refractivity contribution is 6.13. The first-order valence-corrected chi connectivity index (χ1v) is 7.75. The SMILES string of the molecule is CCOC(=O)[C@H]1CN(N2CCCC2)c2cc(F)c(F)cc2C1=O. The summed E-state index contributed by atoms with van der Waals surface area (Å²) in [6, 6.07) is 1.91. The molecule has 0 saturated carbocycles. The van der Waals surface area contributed by atoms with E-state index in [0.717, 1.165) is 38.1 Å². The molecule has 0 unspecified atom stereocenters. The lowest BCUT2D eigenvalue weighted by atomic mass is 9.91. The predicted octanol–water partition coefficient (Wildman–Crippen LogP) is 2.16. The Morgan fingerprint density at radius 2 is 1.91 bits per heavy atom. The van der Waals surface area contributed by atoms with Gasteiger partial charge >= 0.3 is 5.97 Å². The number of ketones is 1. The number of Topliss-reactive ketones (excluding diaryl/α,β-unsaturated/α-hetero) is 1. The summed E-state index contributed by atoms with van der Waals surface area (Å²) in [5.74, 6) is -4.27. The fraction of sp³-hybridized carbons (Fsp3) is 0.500. The average Bonchev–Trinajstić information content (AvgIpc) is 3.04. The van der Waals surface area contributed by atoms with Crippen molar-refractivity contribution in [1.29, 1.82) is 0 Å². The first-order valence-electron chi connectivity index (χ1n) is 7.75. The van der Waals surface area contributed by atoms with Gasteiger partial charge in [0.15, 0.2) is 17.4 Å². The highest BCUT2D eigenvalue weighted by Gasteiger charge is 2.40. The van der Waals surface area contributed by atoms with Crippen molar-refractivity contribution in [2.45, 2.75) is 19.8 Å². The minimum Gasteiger partial charge on any atom is -0.465 e. The second-order valence-corrected chi connectivity index (χ2v) is 5.70. The van der Waals surface area contributed by atoms with Gasteiger partial charge < -0.3 is 9.75 Å². The van der Waals surface area contributed by atoms with Gasteiger partial charge in [0.25, 0.3) is 0 Å². The molecule has 0 bridgehead atoms. The normalized spacial score (nSPS) is 21.4. The van der Waals surface area contributed by atoms with Crippen molar-refractivity contribution >= 4 is 17.4 Å². The van der Waals surface area contributed by atoms with E-state index in [1.54, 1.807) is 11.9 Å². The molecule has 0 amide bonds. The summed E-state index contributed by atoms with van der Waals surface area (Å²) in [5.41, 5.74) is 0.344. The first-order chi connectivity index (χ1) is 11.0. The fourth-order valence-corrected chi connectivity index (χ4v) is 3.12. The molecule has 2 aliphatic rings. The average molecular weight is 324 g/mol. The van der Waals surface area contributed by atoms with Gasteiger partial charge in [-0.05, 0) is 25.8 Å². The van der Waals surface area contributed by atoms with Crippen LogP contribution in [-0.2, 0) is 9.53 Å². The van der Waals surface area contributed by atoms with Crippen LogP contribution in [0.3, 0.4) is 0 Å². The topological polar surface area (TPSA) is 49.9 Å². The number of hydrogen-bond acceptors (Lipinski definition) is 5. The van der Waals surface area contributed by atoms with Crippen LogP contribution in [0, 0.1) is 17.6 Å². The molecular formula is C16H18F2N2O3. The minimum absolute atomic E-state index is 0.0279. The van der Waals surface area contributed by atoms with E-state index in [1.165, 1.54) is 0 Å². The molecule has 0 N–H and O–H groups in total. The van der Waals surface area contributed by atoms with E-state index >= 15 is 0 Å². The molecular weight excluding hydrogens is 306 g/mol. The third-order valence-electron chi connectivity index (χ3n) is 4.25. The van der Waals surface area contributed by atoms with Crippen LogP contribution in [0.1, 0.15) is 30.1 Å². The van der Waals surface area contributed by atoms with Gasteiger partial charge in [0.05, 0.1) is 18.8 Å². The molecule has 5 nitrogen and oxygen atoms in total. The number of rotatable bonds is 3. The number of anilines is 1. The van der Waals surface area contributed by atoms with Crippen molar-refractivity contribution in [3.8, 4) is 0 Å². The summed E-state index contributed by atoms with van der Waals surface area (Å²) < 4.78 is 32.2. The van der Waals surface area contributed by atoms with Crippen LogP contribution in [0.2, 0.25) is 0 Å². The van der Waals surface area contributed by atoms with E-state index in [2.05, 4.69) is 0 Å². The van der Waals surface area contributed by atoms with Gasteiger partial charge in [-0.25, -0.2) is 13.8 Å². The highest BCUT2D eigenvalue weighted by atomic mass is 19.2. The first kappa shape index (κ1) is 15.9. The number of carbonyl (C=O) groups excluding carboxylic acids is 2. The standard InChI is InChI=1S/C16H18F2N2O3/c1-2-23-16(22)11-9-20(19-5-3-4-6-19)14-8-13(18)12(17)7-10(14)15(11)21/h7-8,11H,2-6,9H2,1H3/t11-/m0/s1. The van der Waals surface area contributed by atoms with Crippen LogP contribution >= 0.6 is 0 Å². The summed E-state index contributed by atoms with van der Waals surface area (Å²) in [6.07, 6.45) is 1.96. The van der Waals surface area contributed by atoms with Crippen molar-refractivity contribution in [1.82, 2.24) is 5.01 Å². The molecule has 0 aliphatic carbocycles. The summed E-state index contributed by atoms with van der Waals surface area (Å²) >= 11 is 0. The van der Waals surface area contributed by atoms with Crippen LogP contribution in [0.25, 0.3) is 0 Å². The van der Waals surface area contributed by atoms with E-state index in [9.17, 15) is 18.4 Å². The van der Waals surface area contributed by atoms with Crippen LogP contribution in [0.5, 0.6) is 0 Å². The van der Waals surface area contributed by atoms with Gasteiger partial charge in [-0.15, -0.1) is 0 Å². The van der Waals surface area contributed by atoms with Crippen LogP contribution in [0.4, 0.5) is 14.5 Å². The van der Waals surface area contributed by atoms with Crippen molar-refractivity contribution in [2.75, 3.05) is 31.3 Å². The molecule has 1 fully saturated rings. The monoisotopic (exact) mass is 324 g/mol. The maximum absolute atomic E-state index is 13.6. The Morgan fingerprint density at radius 1 is 1.26 bits per heavy atom. The molecule has 1 aromatic carbocycles. The van der Waals surface area contributed by atoms with Crippen molar-refractivity contribution < 1.29 is 23.1 Å². The van der Waals surface area contributed by atoms with Gasteiger partial charge in [-0.2, -0.15) is 0 Å². The molecule has 2 heterocycles. The fourth-order valence-electron chi connectivity index (χ4n) is 3.12. The number of hydrogen-bond donors (Lipinski definition) is 0. The molecule has 1 saturated heterocycles. The molecule has 124 valence electrons. The summed E-state index contributed by atoms with van der Waals surface area (Å²) in [6.45, 7) is 3.42. The Balaban J connectivity index is 2.03. The second kappa shape index (κ2) is 6.23. The third kappa shape index (κ3) is 2.81.